The molecule has 1 amide bonds. The number of carbonyl (C=O) groups excluding carboxylic acids is 1. The SMILES string of the molecule is Cc1ncc(C(=O)N2C[C@@H](c3cc(F)cc(F)c3)[C@@H]3[C@H]2C2CCN3CC2)cn1. The smallest absolute Gasteiger partial charge is 0.257 e. The lowest BCUT2D eigenvalue weighted by Gasteiger charge is -2.51. The Morgan fingerprint density at radius 1 is 1.04 bits per heavy atom. The number of piperidine rings is 3. The summed E-state index contributed by atoms with van der Waals surface area (Å²) in [5.74, 6) is -0.296. The number of hydrogen-bond donors (Lipinski definition) is 0. The molecular weight excluding hydrogens is 362 g/mol. The summed E-state index contributed by atoms with van der Waals surface area (Å²) in [4.78, 5) is 25.9. The second kappa shape index (κ2) is 6.58. The van der Waals surface area contributed by atoms with Gasteiger partial charge in [-0.25, -0.2) is 18.7 Å². The number of rotatable bonds is 2. The molecule has 0 N–H and O–H groups in total. The van der Waals surface area contributed by atoms with Crippen molar-refractivity contribution in [2.24, 2.45) is 5.92 Å². The van der Waals surface area contributed by atoms with Crippen molar-refractivity contribution in [3.05, 3.63) is 59.2 Å². The van der Waals surface area contributed by atoms with Gasteiger partial charge in [0, 0.05) is 37.0 Å². The second-order valence-corrected chi connectivity index (χ2v) is 8.14. The molecule has 2 bridgehead atoms. The van der Waals surface area contributed by atoms with Crippen molar-refractivity contribution in [3.8, 4) is 0 Å². The summed E-state index contributed by atoms with van der Waals surface area (Å²) in [6.45, 7) is 4.20. The molecule has 28 heavy (non-hydrogen) atoms. The van der Waals surface area contributed by atoms with Gasteiger partial charge in [-0.3, -0.25) is 9.69 Å². The summed E-state index contributed by atoms with van der Waals surface area (Å²) in [6.07, 6.45) is 5.24. The summed E-state index contributed by atoms with van der Waals surface area (Å²) < 4.78 is 27.8. The topological polar surface area (TPSA) is 49.3 Å². The molecule has 1 aromatic carbocycles. The molecule has 0 aliphatic carbocycles. The Kier molecular flexibility index (Phi) is 4.16. The maximum absolute atomic E-state index is 13.9. The van der Waals surface area contributed by atoms with Gasteiger partial charge in [0.1, 0.15) is 17.5 Å². The summed E-state index contributed by atoms with van der Waals surface area (Å²) >= 11 is 0. The van der Waals surface area contributed by atoms with Gasteiger partial charge in [-0.05, 0) is 56.5 Å². The molecular formula is C21H22F2N4O. The van der Waals surface area contributed by atoms with Crippen molar-refractivity contribution < 1.29 is 13.6 Å². The van der Waals surface area contributed by atoms with Gasteiger partial charge in [0.2, 0.25) is 0 Å². The monoisotopic (exact) mass is 384 g/mol. The van der Waals surface area contributed by atoms with Crippen LogP contribution in [0.15, 0.2) is 30.6 Å². The van der Waals surface area contributed by atoms with Crippen molar-refractivity contribution in [1.29, 1.82) is 0 Å². The van der Waals surface area contributed by atoms with Crippen LogP contribution < -0.4 is 0 Å². The van der Waals surface area contributed by atoms with Gasteiger partial charge in [0.25, 0.3) is 5.91 Å². The van der Waals surface area contributed by atoms with E-state index in [-0.39, 0.29) is 23.9 Å². The second-order valence-electron chi connectivity index (χ2n) is 8.14. The predicted molar refractivity (Wildman–Crippen MR) is 98.8 cm³/mol. The normalized spacial score (nSPS) is 31.1. The van der Waals surface area contributed by atoms with Gasteiger partial charge in [0.15, 0.2) is 0 Å². The highest BCUT2D eigenvalue weighted by atomic mass is 19.1. The molecule has 6 rings (SSSR count). The third kappa shape index (κ3) is 2.80. The number of nitrogens with zero attached hydrogens (tertiary/aromatic N) is 4. The highest BCUT2D eigenvalue weighted by Gasteiger charge is 2.54. The Balaban J connectivity index is 1.53. The fourth-order valence-corrected chi connectivity index (χ4v) is 5.41. The molecule has 4 aliphatic rings. The first kappa shape index (κ1) is 17.7. The molecule has 0 radical (unpaired) electrons. The highest BCUT2D eigenvalue weighted by Crippen LogP contribution is 2.47. The Bertz CT molecular complexity index is 891. The first-order valence-electron chi connectivity index (χ1n) is 9.81. The van der Waals surface area contributed by atoms with Crippen LogP contribution in [0.1, 0.15) is 40.5 Å². The summed E-state index contributed by atoms with van der Waals surface area (Å²) in [5, 5.41) is 0. The van der Waals surface area contributed by atoms with Crippen LogP contribution in [0.5, 0.6) is 0 Å². The number of halogens is 2. The maximum atomic E-state index is 13.9. The first-order chi connectivity index (χ1) is 13.5. The maximum Gasteiger partial charge on any atom is 0.257 e. The molecule has 1 aromatic heterocycles. The van der Waals surface area contributed by atoms with Crippen LogP contribution in [0.4, 0.5) is 8.78 Å². The van der Waals surface area contributed by atoms with Crippen molar-refractivity contribution in [1.82, 2.24) is 19.8 Å². The van der Waals surface area contributed by atoms with E-state index in [0.717, 1.165) is 32.0 Å². The van der Waals surface area contributed by atoms with Crippen LogP contribution in [-0.2, 0) is 0 Å². The fourth-order valence-electron chi connectivity index (χ4n) is 5.41. The molecule has 5 nitrogen and oxygen atoms in total. The van der Waals surface area contributed by atoms with Crippen LogP contribution >= 0.6 is 0 Å². The summed E-state index contributed by atoms with van der Waals surface area (Å²) in [6, 6.07) is 3.89. The summed E-state index contributed by atoms with van der Waals surface area (Å²) in [7, 11) is 0. The van der Waals surface area contributed by atoms with Crippen LogP contribution in [-0.4, -0.2) is 57.4 Å². The third-order valence-corrected chi connectivity index (χ3v) is 6.60. The number of hydrogen-bond acceptors (Lipinski definition) is 4. The molecule has 0 spiro atoms. The van der Waals surface area contributed by atoms with E-state index >= 15 is 0 Å². The number of aromatic nitrogens is 2. The Hall–Kier alpha value is -2.41. The lowest BCUT2D eigenvalue weighted by molar-refractivity contribution is -0.00346. The molecule has 0 saturated carbocycles. The average molecular weight is 384 g/mol. The number of carbonyl (C=O) groups is 1. The van der Waals surface area contributed by atoms with E-state index in [0.29, 0.717) is 29.4 Å². The Morgan fingerprint density at radius 3 is 2.32 bits per heavy atom. The van der Waals surface area contributed by atoms with Gasteiger partial charge in [-0.2, -0.15) is 0 Å². The van der Waals surface area contributed by atoms with Gasteiger partial charge in [-0.15, -0.1) is 0 Å². The minimum atomic E-state index is -0.570. The van der Waals surface area contributed by atoms with Crippen molar-refractivity contribution in [2.45, 2.75) is 37.8 Å². The molecule has 4 aliphatic heterocycles. The van der Waals surface area contributed by atoms with E-state index < -0.39 is 11.6 Å². The minimum absolute atomic E-state index is 0.0626. The minimum Gasteiger partial charge on any atom is -0.333 e. The number of amides is 1. The molecule has 4 fully saturated rings. The van der Waals surface area contributed by atoms with Crippen molar-refractivity contribution in [3.63, 3.8) is 0 Å². The molecule has 3 atom stereocenters. The zero-order chi connectivity index (χ0) is 19.4. The van der Waals surface area contributed by atoms with E-state index in [1.807, 2.05) is 4.90 Å². The van der Waals surface area contributed by atoms with E-state index in [1.165, 1.54) is 12.1 Å². The van der Waals surface area contributed by atoms with Crippen LogP contribution in [0.25, 0.3) is 0 Å². The van der Waals surface area contributed by atoms with E-state index in [4.69, 9.17) is 0 Å². The average Bonchev–Trinajstić information content (AvgIpc) is 3.11. The zero-order valence-electron chi connectivity index (χ0n) is 15.7. The molecule has 0 unspecified atom stereocenters. The highest BCUT2D eigenvalue weighted by molar-refractivity contribution is 5.94. The van der Waals surface area contributed by atoms with Crippen molar-refractivity contribution in [2.75, 3.05) is 19.6 Å². The largest absolute Gasteiger partial charge is 0.333 e. The number of likely N-dealkylation sites (tertiary alicyclic amines) is 1. The lowest BCUT2D eigenvalue weighted by Crippen LogP contribution is -2.60. The number of fused-ring (bicyclic) bond motifs is 2. The Morgan fingerprint density at radius 2 is 1.68 bits per heavy atom. The van der Waals surface area contributed by atoms with Crippen LogP contribution in [0.2, 0.25) is 0 Å². The van der Waals surface area contributed by atoms with Gasteiger partial charge < -0.3 is 4.90 Å². The fraction of sp³-hybridized carbons (Fsp3) is 0.476. The van der Waals surface area contributed by atoms with E-state index in [2.05, 4.69) is 14.9 Å². The first-order valence-corrected chi connectivity index (χ1v) is 9.81. The van der Waals surface area contributed by atoms with Crippen molar-refractivity contribution >= 4 is 5.91 Å². The standard InChI is InChI=1S/C21H22F2N4O/c1-12-24-9-15(10-25-12)21(28)27-11-18(14-6-16(22)8-17(23)7-14)20-19(27)13-2-4-26(20)5-3-13/h6-10,13,18-20H,2-5,11H2,1H3/t18-,19+,20+/m0/s1. The van der Waals surface area contributed by atoms with Crippen LogP contribution in [0.3, 0.4) is 0 Å². The van der Waals surface area contributed by atoms with E-state index in [9.17, 15) is 13.6 Å². The number of benzene rings is 1. The summed E-state index contributed by atoms with van der Waals surface area (Å²) in [5.41, 5.74) is 1.10. The number of aryl methyl sites for hydroxylation is 1. The quantitative estimate of drug-likeness (QED) is 0.799. The van der Waals surface area contributed by atoms with E-state index in [1.54, 1.807) is 19.3 Å². The lowest BCUT2D eigenvalue weighted by atomic mass is 9.75. The Labute approximate surface area is 162 Å². The molecule has 2 aromatic rings. The zero-order valence-corrected chi connectivity index (χ0v) is 15.7. The third-order valence-electron chi connectivity index (χ3n) is 6.60. The molecule has 4 saturated heterocycles. The van der Waals surface area contributed by atoms with Gasteiger partial charge in [0.05, 0.1) is 11.6 Å². The molecule has 7 heteroatoms. The van der Waals surface area contributed by atoms with Gasteiger partial charge in [-0.1, -0.05) is 0 Å². The predicted octanol–water partition coefficient (Wildman–Crippen LogP) is 2.77. The van der Waals surface area contributed by atoms with Crippen LogP contribution in [0, 0.1) is 24.5 Å². The molecule has 5 heterocycles. The van der Waals surface area contributed by atoms with Gasteiger partial charge >= 0.3 is 0 Å². The molecule has 146 valence electrons.